The van der Waals surface area contributed by atoms with E-state index in [0.717, 1.165) is 30.5 Å². The molecule has 1 aromatic heterocycles. The lowest BCUT2D eigenvalue weighted by Gasteiger charge is -2.44. The van der Waals surface area contributed by atoms with Crippen molar-refractivity contribution in [1.29, 1.82) is 0 Å². The van der Waals surface area contributed by atoms with Gasteiger partial charge in [0.05, 0.1) is 36.0 Å². The minimum absolute atomic E-state index is 0.201. The predicted molar refractivity (Wildman–Crippen MR) is 95.3 cm³/mol. The van der Waals surface area contributed by atoms with Gasteiger partial charge in [0.25, 0.3) is 0 Å². The summed E-state index contributed by atoms with van der Waals surface area (Å²) in [6.45, 7) is 3.58. The van der Waals surface area contributed by atoms with E-state index < -0.39 is 11.5 Å². The van der Waals surface area contributed by atoms with Crippen molar-refractivity contribution in [3.8, 4) is 0 Å². The number of carbonyl (C=O) groups excluding carboxylic acids is 1. The lowest BCUT2D eigenvalue weighted by Crippen LogP contribution is -2.52. The molecule has 5 nitrogen and oxygen atoms in total. The summed E-state index contributed by atoms with van der Waals surface area (Å²) in [7, 11) is 0. The first-order valence-electron chi connectivity index (χ1n) is 8.80. The Morgan fingerprint density at radius 3 is 2.60 bits per heavy atom. The van der Waals surface area contributed by atoms with Crippen LogP contribution in [-0.4, -0.2) is 32.2 Å². The number of hydrogen-bond acceptors (Lipinski definition) is 3. The maximum absolute atomic E-state index is 13.4. The van der Waals surface area contributed by atoms with E-state index in [1.165, 1.54) is 0 Å². The molecule has 1 saturated carbocycles. The lowest BCUT2D eigenvalue weighted by molar-refractivity contribution is -0.142. The molecule has 25 heavy (non-hydrogen) atoms. The first kappa shape index (κ1) is 16.6. The number of fused-ring (bicyclic) bond motifs is 1. The van der Waals surface area contributed by atoms with Crippen LogP contribution in [0.2, 0.25) is 5.02 Å². The van der Waals surface area contributed by atoms with Gasteiger partial charge in [-0.1, -0.05) is 30.2 Å². The number of halogens is 1. The van der Waals surface area contributed by atoms with E-state index in [9.17, 15) is 9.90 Å². The first-order valence-corrected chi connectivity index (χ1v) is 9.17. The van der Waals surface area contributed by atoms with Crippen LogP contribution in [0, 0.1) is 0 Å². The smallest absolute Gasteiger partial charge is 0.233 e. The second-order valence-electron chi connectivity index (χ2n) is 7.13. The normalized spacial score (nSPS) is 19.9. The van der Waals surface area contributed by atoms with Crippen molar-refractivity contribution in [3.63, 3.8) is 0 Å². The van der Waals surface area contributed by atoms with E-state index in [1.807, 2.05) is 39.9 Å². The Morgan fingerprint density at radius 1 is 1.28 bits per heavy atom. The average molecular weight is 360 g/mol. The zero-order valence-electron chi connectivity index (χ0n) is 14.3. The van der Waals surface area contributed by atoms with E-state index >= 15 is 0 Å². The molecule has 4 rings (SSSR count). The molecule has 1 amide bonds. The molecule has 0 radical (unpaired) electrons. The van der Waals surface area contributed by atoms with Gasteiger partial charge in [0, 0.05) is 11.6 Å². The molecule has 0 spiro atoms. The Kier molecular flexibility index (Phi) is 4.08. The summed E-state index contributed by atoms with van der Waals surface area (Å²) in [4.78, 5) is 15.3. The van der Waals surface area contributed by atoms with Crippen LogP contribution in [0.3, 0.4) is 0 Å². The third-order valence-corrected chi connectivity index (χ3v) is 5.80. The number of carbonyl (C=O) groups is 1. The Bertz CT molecular complexity index is 794. The summed E-state index contributed by atoms with van der Waals surface area (Å²) in [6.07, 6.45) is 2.27. The van der Waals surface area contributed by atoms with E-state index in [-0.39, 0.29) is 5.91 Å². The Balaban J connectivity index is 1.58. The van der Waals surface area contributed by atoms with Crippen molar-refractivity contribution >= 4 is 17.5 Å². The van der Waals surface area contributed by atoms with Gasteiger partial charge in [0.1, 0.15) is 0 Å². The fraction of sp³-hybridized carbons (Fsp3) is 0.474. The molecule has 1 fully saturated rings. The van der Waals surface area contributed by atoms with Crippen molar-refractivity contribution < 1.29 is 9.90 Å². The Labute approximate surface area is 152 Å². The van der Waals surface area contributed by atoms with Crippen LogP contribution in [0.15, 0.2) is 30.3 Å². The molecule has 6 heteroatoms. The van der Waals surface area contributed by atoms with Gasteiger partial charge in [-0.05, 0) is 43.5 Å². The summed E-state index contributed by atoms with van der Waals surface area (Å²) in [5.74, 6) is 0.201. The lowest BCUT2D eigenvalue weighted by atomic mass is 9.63. The molecule has 1 atom stereocenters. The summed E-state index contributed by atoms with van der Waals surface area (Å²) in [5.41, 5.74) is 2.32. The van der Waals surface area contributed by atoms with Crippen LogP contribution in [0.1, 0.15) is 49.2 Å². The number of aliphatic hydroxyl groups is 1. The maximum atomic E-state index is 13.4. The molecular formula is C19H22ClN3O2. The minimum Gasteiger partial charge on any atom is -0.387 e. The SMILES string of the molecule is C[C@H](O)c1cc2n(n1)CCN(C(=O)C1(c3ccc(Cl)cc3)CCC1)C2. The number of rotatable bonds is 3. The van der Waals surface area contributed by atoms with Crippen LogP contribution < -0.4 is 0 Å². The average Bonchev–Trinajstić information content (AvgIpc) is 2.99. The molecule has 1 N–H and O–H groups in total. The highest BCUT2D eigenvalue weighted by molar-refractivity contribution is 6.30. The van der Waals surface area contributed by atoms with Crippen molar-refractivity contribution in [1.82, 2.24) is 14.7 Å². The third-order valence-electron chi connectivity index (χ3n) is 5.55. The summed E-state index contributed by atoms with van der Waals surface area (Å²) in [5, 5.41) is 14.8. The molecule has 132 valence electrons. The minimum atomic E-state index is -0.589. The standard InChI is InChI=1S/C19H22ClN3O2/c1-13(24)17-11-16-12-22(9-10-23(16)21-17)18(25)19(7-2-8-19)14-3-5-15(20)6-4-14/h3-6,11,13,24H,2,7-10,12H2,1H3/t13-/m0/s1. The van der Waals surface area contributed by atoms with Gasteiger partial charge in [-0.15, -0.1) is 0 Å². The van der Waals surface area contributed by atoms with Crippen molar-refractivity contribution in [2.24, 2.45) is 0 Å². The van der Waals surface area contributed by atoms with Crippen LogP contribution >= 0.6 is 11.6 Å². The van der Waals surface area contributed by atoms with Gasteiger partial charge in [0.15, 0.2) is 0 Å². The first-order chi connectivity index (χ1) is 12.0. The quantitative estimate of drug-likeness (QED) is 0.916. The Hall–Kier alpha value is -1.85. The van der Waals surface area contributed by atoms with Crippen LogP contribution in [0.5, 0.6) is 0 Å². The highest BCUT2D eigenvalue weighted by Crippen LogP contribution is 2.45. The highest BCUT2D eigenvalue weighted by Gasteiger charge is 2.48. The number of nitrogens with zero attached hydrogens (tertiary/aromatic N) is 3. The van der Waals surface area contributed by atoms with Crippen LogP contribution in [-0.2, 0) is 23.3 Å². The van der Waals surface area contributed by atoms with E-state index in [0.29, 0.717) is 30.4 Å². The van der Waals surface area contributed by atoms with E-state index in [1.54, 1.807) is 6.92 Å². The molecule has 2 heterocycles. The van der Waals surface area contributed by atoms with Gasteiger partial charge in [-0.3, -0.25) is 9.48 Å². The monoisotopic (exact) mass is 359 g/mol. The van der Waals surface area contributed by atoms with Gasteiger partial charge >= 0.3 is 0 Å². The molecule has 0 unspecified atom stereocenters. The van der Waals surface area contributed by atoms with Gasteiger partial charge in [0.2, 0.25) is 5.91 Å². The Morgan fingerprint density at radius 2 is 2.00 bits per heavy atom. The zero-order valence-corrected chi connectivity index (χ0v) is 15.0. The maximum Gasteiger partial charge on any atom is 0.233 e. The number of aliphatic hydroxyl groups excluding tert-OH is 1. The fourth-order valence-corrected chi connectivity index (χ4v) is 4.02. The summed E-state index contributed by atoms with van der Waals surface area (Å²) >= 11 is 6.01. The predicted octanol–water partition coefficient (Wildman–Crippen LogP) is 3.05. The molecule has 2 aromatic rings. The number of benzene rings is 1. The van der Waals surface area contributed by atoms with Crippen LogP contribution in [0.4, 0.5) is 0 Å². The fourth-order valence-electron chi connectivity index (χ4n) is 3.89. The van der Waals surface area contributed by atoms with Crippen molar-refractivity contribution in [3.05, 3.63) is 52.3 Å². The molecule has 2 aliphatic rings. The number of hydrogen-bond donors (Lipinski definition) is 1. The summed E-state index contributed by atoms with van der Waals surface area (Å²) < 4.78 is 1.90. The largest absolute Gasteiger partial charge is 0.387 e. The number of aromatic nitrogens is 2. The molecule has 0 bridgehead atoms. The second-order valence-corrected chi connectivity index (χ2v) is 7.57. The van der Waals surface area contributed by atoms with Gasteiger partial charge in [-0.25, -0.2) is 0 Å². The molecule has 1 aliphatic heterocycles. The summed E-state index contributed by atoms with van der Waals surface area (Å²) in [6, 6.07) is 9.60. The second kappa shape index (κ2) is 6.15. The van der Waals surface area contributed by atoms with Gasteiger partial charge < -0.3 is 10.0 Å². The highest BCUT2D eigenvalue weighted by atomic mass is 35.5. The van der Waals surface area contributed by atoms with Crippen molar-refractivity contribution in [2.45, 2.75) is 50.8 Å². The van der Waals surface area contributed by atoms with Crippen LogP contribution in [0.25, 0.3) is 0 Å². The van der Waals surface area contributed by atoms with Crippen molar-refractivity contribution in [2.75, 3.05) is 6.54 Å². The molecule has 1 aliphatic carbocycles. The molecule has 1 aromatic carbocycles. The number of amides is 1. The van der Waals surface area contributed by atoms with E-state index in [4.69, 9.17) is 11.6 Å². The topological polar surface area (TPSA) is 58.4 Å². The third kappa shape index (κ3) is 2.75. The molecular weight excluding hydrogens is 338 g/mol. The molecule has 0 saturated heterocycles. The van der Waals surface area contributed by atoms with E-state index in [2.05, 4.69) is 5.10 Å². The van der Waals surface area contributed by atoms with Gasteiger partial charge in [-0.2, -0.15) is 5.10 Å². The zero-order chi connectivity index (χ0) is 17.6.